The summed E-state index contributed by atoms with van der Waals surface area (Å²) >= 11 is 0. The number of rotatable bonds is 0. The molecule has 0 heterocycles. The van der Waals surface area contributed by atoms with E-state index in [4.69, 9.17) is 0 Å². The summed E-state index contributed by atoms with van der Waals surface area (Å²) in [5, 5.41) is 0. The van der Waals surface area contributed by atoms with Crippen molar-refractivity contribution in [2.75, 3.05) is 0 Å². The molecule has 1 unspecified atom stereocenters. The van der Waals surface area contributed by atoms with Crippen LogP contribution in [0.1, 0.15) is 40.0 Å². The lowest BCUT2D eigenvalue weighted by atomic mass is 9.68. The van der Waals surface area contributed by atoms with Gasteiger partial charge in [0.25, 0.3) is 0 Å². The predicted octanol–water partition coefficient (Wildman–Crippen LogP) is 3.27. The SMILES string of the molecule is CC1CC=C2C(=CC(=O)CC2(C)C)C1. The van der Waals surface area contributed by atoms with Crippen LogP contribution < -0.4 is 0 Å². The molecule has 76 valence electrons. The van der Waals surface area contributed by atoms with E-state index in [1.165, 1.54) is 17.6 Å². The van der Waals surface area contributed by atoms with Crippen molar-refractivity contribution in [3.05, 3.63) is 23.3 Å². The molecule has 0 saturated carbocycles. The monoisotopic (exact) mass is 190 g/mol. The van der Waals surface area contributed by atoms with Gasteiger partial charge in [0.05, 0.1) is 0 Å². The number of hydrogen-bond donors (Lipinski definition) is 0. The third-order valence-corrected chi connectivity index (χ3v) is 3.32. The van der Waals surface area contributed by atoms with Crippen LogP contribution in [0, 0.1) is 11.3 Å². The first-order valence-electron chi connectivity index (χ1n) is 5.43. The Morgan fingerprint density at radius 1 is 1.43 bits per heavy atom. The molecule has 1 atom stereocenters. The molecule has 2 aliphatic rings. The second-order valence-corrected chi connectivity index (χ2v) is 5.36. The number of carbonyl (C=O) groups excluding carboxylic acids is 1. The highest BCUT2D eigenvalue weighted by Gasteiger charge is 2.34. The van der Waals surface area contributed by atoms with E-state index in [1.807, 2.05) is 6.08 Å². The van der Waals surface area contributed by atoms with E-state index in [-0.39, 0.29) is 5.41 Å². The fourth-order valence-electron chi connectivity index (χ4n) is 2.64. The van der Waals surface area contributed by atoms with Crippen LogP contribution in [0.25, 0.3) is 0 Å². The van der Waals surface area contributed by atoms with Crippen LogP contribution in [0.5, 0.6) is 0 Å². The zero-order chi connectivity index (χ0) is 10.3. The average Bonchev–Trinajstić information content (AvgIpc) is 2.00. The van der Waals surface area contributed by atoms with Gasteiger partial charge in [-0.3, -0.25) is 4.79 Å². The van der Waals surface area contributed by atoms with Crippen molar-refractivity contribution in [1.82, 2.24) is 0 Å². The molecule has 1 heteroatoms. The summed E-state index contributed by atoms with van der Waals surface area (Å²) < 4.78 is 0. The second-order valence-electron chi connectivity index (χ2n) is 5.36. The molecule has 0 aliphatic heterocycles. The van der Waals surface area contributed by atoms with Gasteiger partial charge in [-0.05, 0) is 41.4 Å². The topological polar surface area (TPSA) is 17.1 Å². The van der Waals surface area contributed by atoms with E-state index in [0.717, 1.165) is 6.42 Å². The van der Waals surface area contributed by atoms with Crippen LogP contribution in [0.2, 0.25) is 0 Å². The Kier molecular flexibility index (Phi) is 2.13. The van der Waals surface area contributed by atoms with Crippen LogP contribution in [-0.2, 0) is 4.79 Å². The van der Waals surface area contributed by atoms with E-state index in [1.54, 1.807) is 0 Å². The average molecular weight is 190 g/mol. The van der Waals surface area contributed by atoms with Gasteiger partial charge in [0, 0.05) is 6.42 Å². The van der Waals surface area contributed by atoms with Crippen molar-refractivity contribution in [1.29, 1.82) is 0 Å². The molecule has 2 aliphatic carbocycles. The molecule has 0 aromatic heterocycles. The Labute approximate surface area is 85.9 Å². The molecule has 0 radical (unpaired) electrons. The molecular weight excluding hydrogens is 172 g/mol. The summed E-state index contributed by atoms with van der Waals surface area (Å²) in [5.41, 5.74) is 2.79. The van der Waals surface area contributed by atoms with Gasteiger partial charge in [-0.15, -0.1) is 0 Å². The zero-order valence-electron chi connectivity index (χ0n) is 9.26. The largest absolute Gasteiger partial charge is 0.295 e. The van der Waals surface area contributed by atoms with Gasteiger partial charge in [-0.1, -0.05) is 26.8 Å². The Morgan fingerprint density at radius 2 is 2.14 bits per heavy atom. The van der Waals surface area contributed by atoms with Crippen molar-refractivity contribution >= 4 is 5.78 Å². The minimum absolute atomic E-state index is 0.0707. The van der Waals surface area contributed by atoms with Crippen molar-refractivity contribution in [2.24, 2.45) is 11.3 Å². The standard InChI is InChI=1S/C13H18O/c1-9-4-5-12-10(6-9)7-11(14)8-13(12,2)3/h5,7,9H,4,6,8H2,1-3H3. The highest BCUT2D eigenvalue weighted by molar-refractivity contribution is 5.93. The fraction of sp³-hybridized carbons (Fsp3) is 0.615. The first kappa shape index (κ1) is 9.70. The first-order valence-corrected chi connectivity index (χ1v) is 5.43. The molecule has 14 heavy (non-hydrogen) atoms. The maximum Gasteiger partial charge on any atom is 0.156 e. The molecule has 0 aromatic rings. The third kappa shape index (κ3) is 1.56. The fourth-order valence-corrected chi connectivity index (χ4v) is 2.64. The van der Waals surface area contributed by atoms with E-state index in [0.29, 0.717) is 18.1 Å². The quantitative estimate of drug-likeness (QED) is 0.573. The lowest BCUT2D eigenvalue weighted by Crippen LogP contribution is -2.27. The van der Waals surface area contributed by atoms with E-state index in [9.17, 15) is 4.79 Å². The maximum absolute atomic E-state index is 11.5. The summed E-state index contributed by atoms with van der Waals surface area (Å²) in [7, 11) is 0. The molecule has 0 amide bonds. The van der Waals surface area contributed by atoms with Gasteiger partial charge in [0.1, 0.15) is 0 Å². The lowest BCUT2D eigenvalue weighted by Gasteiger charge is -2.36. The Morgan fingerprint density at radius 3 is 2.86 bits per heavy atom. The van der Waals surface area contributed by atoms with Crippen LogP contribution in [0.15, 0.2) is 23.3 Å². The highest BCUT2D eigenvalue weighted by atomic mass is 16.1. The maximum atomic E-state index is 11.5. The first-order chi connectivity index (χ1) is 6.49. The molecule has 0 fully saturated rings. The van der Waals surface area contributed by atoms with Crippen molar-refractivity contribution < 1.29 is 4.79 Å². The van der Waals surface area contributed by atoms with Crippen molar-refractivity contribution in [3.63, 3.8) is 0 Å². The molecule has 0 N–H and O–H groups in total. The number of ketones is 1. The molecule has 1 nitrogen and oxygen atoms in total. The predicted molar refractivity (Wildman–Crippen MR) is 58.0 cm³/mol. The minimum Gasteiger partial charge on any atom is -0.295 e. The van der Waals surface area contributed by atoms with Gasteiger partial charge in [0.15, 0.2) is 5.78 Å². The normalized spacial score (nSPS) is 30.5. The molecule has 0 saturated heterocycles. The van der Waals surface area contributed by atoms with Crippen LogP contribution >= 0.6 is 0 Å². The second kappa shape index (κ2) is 3.08. The number of hydrogen-bond acceptors (Lipinski definition) is 1. The van der Waals surface area contributed by atoms with E-state index in [2.05, 4.69) is 26.8 Å². The molecule has 0 spiro atoms. The Bertz CT molecular complexity index is 331. The van der Waals surface area contributed by atoms with E-state index >= 15 is 0 Å². The van der Waals surface area contributed by atoms with Gasteiger partial charge in [-0.25, -0.2) is 0 Å². The molecule has 2 rings (SSSR count). The number of carbonyl (C=O) groups is 1. The van der Waals surface area contributed by atoms with Crippen molar-refractivity contribution in [3.8, 4) is 0 Å². The Balaban J connectivity index is 2.43. The Hall–Kier alpha value is -0.850. The van der Waals surface area contributed by atoms with Crippen LogP contribution in [0.4, 0.5) is 0 Å². The van der Waals surface area contributed by atoms with E-state index < -0.39 is 0 Å². The van der Waals surface area contributed by atoms with Gasteiger partial charge < -0.3 is 0 Å². The number of fused-ring (bicyclic) bond motifs is 1. The highest BCUT2D eigenvalue weighted by Crippen LogP contribution is 2.44. The summed E-state index contributed by atoms with van der Waals surface area (Å²) in [6, 6.07) is 0. The summed E-state index contributed by atoms with van der Waals surface area (Å²) in [6.45, 7) is 6.61. The van der Waals surface area contributed by atoms with Gasteiger partial charge in [0.2, 0.25) is 0 Å². The molecule has 0 aromatic carbocycles. The summed E-state index contributed by atoms with van der Waals surface area (Å²) in [5.74, 6) is 1.00. The molecule has 0 bridgehead atoms. The minimum atomic E-state index is 0.0707. The molecular formula is C13H18O. The zero-order valence-corrected chi connectivity index (χ0v) is 9.26. The van der Waals surface area contributed by atoms with Crippen molar-refractivity contribution in [2.45, 2.75) is 40.0 Å². The summed E-state index contributed by atoms with van der Waals surface area (Å²) in [4.78, 5) is 11.5. The number of allylic oxidation sites excluding steroid dienone is 4. The van der Waals surface area contributed by atoms with Crippen LogP contribution in [-0.4, -0.2) is 5.78 Å². The van der Waals surface area contributed by atoms with Gasteiger partial charge in [-0.2, -0.15) is 0 Å². The van der Waals surface area contributed by atoms with Gasteiger partial charge >= 0.3 is 0 Å². The lowest BCUT2D eigenvalue weighted by molar-refractivity contribution is -0.116. The van der Waals surface area contributed by atoms with Crippen LogP contribution in [0.3, 0.4) is 0 Å². The smallest absolute Gasteiger partial charge is 0.156 e. The summed E-state index contributed by atoms with van der Waals surface area (Å²) in [6.07, 6.45) is 7.14. The third-order valence-electron chi connectivity index (χ3n) is 3.32.